The average Bonchev–Trinajstić information content (AvgIpc) is 3.32. The van der Waals surface area contributed by atoms with Crippen LogP contribution in [0, 0.1) is 0 Å². The van der Waals surface area contributed by atoms with E-state index in [-0.39, 0.29) is 18.1 Å². The molecule has 0 amide bonds. The van der Waals surface area contributed by atoms with Gasteiger partial charge in [0.25, 0.3) is 5.56 Å². The SMILES string of the molecule is COC(=O)c1ccc(Cn2c(=O)[nH]c3scc(-c4ccc(Cl)cc4)c3c2=O)o1. The number of carbonyl (C=O) groups is 1. The van der Waals surface area contributed by atoms with Gasteiger partial charge in [0.05, 0.1) is 19.0 Å². The summed E-state index contributed by atoms with van der Waals surface area (Å²) in [6, 6.07) is 10.1. The molecule has 1 N–H and O–H groups in total. The number of thiophene rings is 1. The third-order valence-corrected chi connectivity index (χ3v) is 5.38. The largest absolute Gasteiger partial charge is 0.463 e. The third kappa shape index (κ3) is 3.17. The number of hydrogen-bond acceptors (Lipinski definition) is 6. The van der Waals surface area contributed by atoms with Gasteiger partial charge in [-0.25, -0.2) is 9.59 Å². The summed E-state index contributed by atoms with van der Waals surface area (Å²) >= 11 is 7.22. The van der Waals surface area contributed by atoms with Crippen LogP contribution in [0.4, 0.5) is 0 Å². The van der Waals surface area contributed by atoms with E-state index in [0.29, 0.717) is 20.8 Å². The number of hydrogen-bond donors (Lipinski definition) is 1. The second kappa shape index (κ2) is 7.14. The molecule has 7 nitrogen and oxygen atoms in total. The summed E-state index contributed by atoms with van der Waals surface area (Å²) in [5, 5.41) is 2.82. The minimum atomic E-state index is -0.634. The number of carbonyl (C=O) groups excluding carboxylic acids is 1. The quantitative estimate of drug-likeness (QED) is 0.514. The van der Waals surface area contributed by atoms with E-state index in [1.807, 2.05) is 17.5 Å². The molecule has 0 aliphatic heterocycles. The van der Waals surface area contributed by atoms with Crippen LogP contribution in [0.5, 0.6) is 0 Å². The average molecular weight is 417 g/mol. The highest BCUT2D eigenvalue weighted by atomic mass is 35.5. The Bertz CT molecular complexity index is 1300. The number of ether oxygens (including phenoxy) is 1. The molecule has 4 rings (SSSR count). The number of fused-ring (bicyclic) bond motifs is 1. The molecule has 3 aromatic heterocycles. The Balaban J connectivity index is 1.81. The molecule has 0 aliphatic carbocycles. The Morgan fingerprint density at radius 1 is 1.21 bits per heavy atom. The van der Waals surface area contributed by atoms with E-state index >= 15 is 0 Å². The van der Waals surface area contributed by atoms with Crippen molar-refractivity contribution in [3.8, 4) is 11.1 Å². The summed E-state index contributed by atoms with van der Waals surface area (Å²) in [6.45, 7) is -0.114. The maximum atomic E-state index is 13.1. The van der Waals surface area contributed by atoms with Crippen LogP contribution in [0.3, 0.4) is 0 Å². The molecule has 0 saturated heterocycles. The van der Waals surface area contributed by atoms with E-state index in [4.69, 9.17) is 16.0 Å². The van der Waals surface area contributed by atoms with Crippen molar-refractivity contribution >= 4 is 39.1 Å². The van der Waals surface area contributed by atoms with Crippen molar-refractivity contribution in [2.45, 2.75) is 6.54 Å². The predicted octanol–water partition coefficient (Wildman–Crippen LogP) is 3.50. The van der Waals surface area contributed by atoms with Crippen LogP contribution in [0.25, 0.3) is 21.3 Å². The summed E-state index contributed by atoms with van der Waals surface area (Å²) < 4.78 is 11.0. The zero-order chi connectivity index (χ0) is 19.8. The number of furan rings is 1. The molecule has 0 atom stereocenters. The summed E-state index contributed by atoms with van der Waals surface area (Å²) in [5.41, 5.74) is 0.526. The number of nitrogens with one attached hydrogen (secondary N) is 1. The van der Waals surface area contributed by atoms with E-state index in [1.165, 1.54) is 30.6 Å². The van der Waals surface area contributed by atoms with Gasteiger partial charge in [-0.1, -0.05) is 23.7 Å². The predicted molar refractivity (Wildman–Crippen MR) is 106 cm³/mol. The zero-order valence-electron chi connectivity index (χ0n) is 14.5. The van der Waals surface area contributed by atoms with Crippen molar-refractivity contribution in [1.29, 1.82) is 0 Å². The van der Waals surface area contributed by atoms with E-state index in [9.17, 15) is 14.4 Å². The minimum absolute atomic E-state index is 0.000409. The van der Waals surface area contributed by atoms with Crippen LogP contribution in [0.1, 0.15) is 16.3 Å². The minimum Gasteiger partial charge on any atom is -0.463 e. The van der Waals surface area contributed by atoms with Gasteiger partial charge in [-0.2, -0.15) is 0 Å². The Morgan fingerprint density at radius 2 is 1.96 bits per heavy atom. The lowest BCUT2D eigenvalue weighted by Gasteiger charge is -2.05. The number of halogens is 1. The van der Waals surface area contributed by atoms with Crippen molar-refractivity contribution in [2.75, 3.05) is 7.11 Å². The molecule has 0 bridgehead atoms. The number of H-pyrrole nitrogens is 1. The van der Waals surface area contributed by atoms with Crippen LogP contribution in [-0.4, -0.2) is 22.6 Å². The smallest absolute Gasteiger partial charge is 0.373 e. The first-order valence-electron chi connectivity index (χ1n) is 8.15. The molecule has 0 aliphatic rings. The Hall–Kier alpha value is -3.10. The first-order valence-corrected chi connectivity index (χ1v) is 9.41. The molecule has 0 radical (unpaired) electrons. The van der Waals surface area contributed by atoms with E-state index in [2.05, 4.69) is 9.72 Å². The molecule has 9 heteroatoms. The molecule has 0 unspecified atom stereocenters. The number of rotatable bonds is 4. The maximum absolute atomic E-state index is 13.1. The first-order chi connectivity index (χ1) is 13.5. The molecule has 28 heavy (non-hydrogen) atoms. The van der Waals surface area contributed by atoms with Crippen molar-refractivity contribution in [1.82, 2.24) is 9.55 Å². The van der Waals surface area contributed by atoms with Crippen LogP contribution in [0.15, 0.2) is 55.8 Å². The van der Waals surface area contributed by atoms with Crippen LogP contribution in [0.2, 0.25) is 5.02 Å². The molecule has 1 aromatic carbocycles. The van der Waals surface area contributed by atoms with E-state index in [0.717, 1.165) is 10.1 Å². The molecule has 0 fully saturated rings. The van der Waals surface area contributed by atoms with Gasteiger partial charge in [0.1, 0.15) is 10.6 Å². The van der Waals surface area contributed by atoms with Gasteiger partial charge in [0.2, 0.25) is 5.76 Å². The summed E-state index contributed by atoms with van der Waals surface area (Å²) in [5.74, 6) is -0.345. The highest BCUT2D eigenvalue weighted by molar-refractivity contribution is 7.17. The number of methoxy groups -OCH3 is 1. The molecule has 142 valence electrons. The lowest BCUT2D eigenvalue weighted by Crippen LogP contribution is -2.35. The lowest BCUT2D eigenvalue weighted by atomic mass is 10.1. The number of aromatic amines is 1. The van der Waals surface area contributed by atoms with E-state index in [1.54, 1.807) is 12.1 Å². The fraction of sp³-hybridized carbons (Fsp3) is 0.105. The standard InChI is InChI=1S/C19H13ClN2O5S/c1-26-18(24)14-7-6-12(27-14)8-22-17(23)15-13(9-28-16(15)21-19(22)25)10-2-4-11(20)5-3-10/h2-7,9H,8H2,1H3,(H,21,25). The summed E-state index contributed by atoms with van der Waals surface area (Å²) in [6.07, 6.45) is 0. The Labute approximate surface area is 166 Å². The highest BCUT2D eigenvalue weighted by Gasteiger charge is 2.17. The maximum Gasteiger partial charge on any atom is 0.373 e. The zero-order valence-corrected chi connectivity index (χ0v) is 16.1. The topological polar surface area (TPSA) is 94.3 Å². The lowest BCUT2D eigenvalue weighted by molar-refractivity contribution is 0.0563. The van der Waals surface area contributed by atoms with Crippen molar-refractivity contribution < 1.29 is 13.9 Å². The van der Waals surface area contributed by atoms with Crippen molar-refractivity contribution in [3.05, 3.63) is 79.2 Å². The van der Waals surface area contributed by atoms with Crippen LogP contribution < -0.4 is 11.2 Å². The summed E-state index contributed by atoms with van der Waals surface area (Å²) in [7, 11) is 1.24. The molecular weight excluding hydrogens is 404 g/mol. The second-order valence-corrected chi connectivity index (χ2v) is 7.26. The Kier molecular flexibility index (Phi) is 4.66. The van der Waals surface area contributed by atoms with Gasteiger partial charge in [0, 0.05) is 16.0 Å². The monoisotopic (exact) mass is 416 g/mol. The van der Waals surface area contributed by atoms with E-state index < -0.39 is 17.2 Å². The van der Waals surface area contributed by atoms with Gasteiger partial charge in [-0.15, -0.1) is 11.3 Å². The van der Waals surface area contributed by atoms with Crippen molar-refractivity contribution in [3.63, 3.8) is 0 Å². The molecule has 0 spiro atoms. The van der Waals surface area contributed by atoms with Gasteiger partial charge in [0.15, 0.2) is 0 Å². The fourth-order valence-electron chi connectivity index (χ4n) is 2.87. The van der Waals surface area contributed by atoms with Gasteiger partial charge in [-0.05, 0) is 29.8 Å². The third-order valence-electron chi connectivity index (χ3n) is 4.23. The number of nitrogens with zero attached hydrogens (tertiary/aromatic N) is 1. The van der Waals surface area contributed by atoms with Crippen molar-refractivity contribution in [2.24, 2.45) is 0 Å². The second-order valence-electron chi connectivity index (χ2n) is 5.94. The first kappa shape index (κ1) is 18.3. The summed E-state index contributed by atoms with van der Waals surface area (Å²) in [4.78, 5) is 40.2. The molecule has 4 aromatic rings. The fourth-order valence-corrected chi connectivity index (χ4v) is 3.95. The number of benzene rings is 1. The highest BCUT2D eigenvalue weighted by Crippen LogP contribution is 2.30. The normalized spacial score (nSPS) is 11.1. The van der Waals surface area contributed by atoms with Crippen LogP contribution in [-0.2, 0) is 11.3 Å². The van der Waals surface area contributed by atoms with Crippen LogP contribution >= 0.6 is 22.9 Å². The van der Waals surface area contributed by atoms with Gasteiger partial charge >= 0.3 is 11.7 Å². The van der Waals surface area contributed by atoms with Gasteiger partial charge < -0.3 is 9.15 Å². The number of aromatic nitrogens is 2. The molecule has 3 heterocycles. The molecular formula is C19H13ClN2O5S. The Morgan fingerprint density at radius 3 is 2.68 bits per heavy atom. The molecule has 0 saturated carbocycles. The van der Waals surface area contributed by atoms with Gasteiger partial charge in [-0.3, -0.25) is 14.3 Å². The number of esters is 1.